The normalized spacial score (nSPS) is 13.1. The molecule has 0 aromatic heterocycles. The van der Waals surface area contributed by atoms with E-state index in [2.05, 4.69) is 9.98 Å². The molecule has 0 saturated carbocycles. The molecule has 0 aliphatic rings. The molecular formula is C23H24FN3O. The highest BCUT2D eigenvalue weighted by Crippen LogP contribution is 2.20. The van der Waals surface area contributed by atoms with Gasteiger partial charge in [0.15, 0.2) is 0 Å². The summed E-state index contributed by atoms with van der Waals surface area (Å²) >= 11 is 0. The highest BCUT2D eigenvalue weighted by Gasteiger charge is 2.09. The number of aliphatic imine (C=N–C) groups is 2. The quantitative estimate of drug-likeness (QED) is 0.545. The van der Waals surface area contributed by atoms with Gasteiger partial charge < -0.3 is 10.5 Å². The first kappa shape index (κ1) is 20.8. The second kappa shape index (κ2) is 11.3. The van der Waals surface area contributed by atoms with Gasteiger partial charge in [0.1, 0.15) is 11.6 Å². The summed E-state index contributed by atoms with van der Waals surface area (Å²) in [5.74, 6) is 0.382. The molecule has 0 spiro atoms. The molecule has 0 bridgehead atoms. The first-order chi connectivity index (χ1) is 13.7. The second-order valence-corrected chi connectivity index (χ2v) is 5.79. The van der Waals surface area contributed by atoms with E-state index in [1.807, 2.05) is 36.4 Å². The number of para-hydroxylation sites is 1. The van der Waals surface area contributed by atoms with Gasteiger partial charge in [0.25, 0.3) is 0 Å². The van der Waals surface area contributed by atoms with Crippen molar-refractivity contribution in [2.75, 3.05) is 14.2 Å². The van der Waals surface area contributed by atoms with Gasteiger partial charge in [0, 0.05) is 30.1 Å². The van der Waals surface area contributed by atoms with Crippen molar-refractivity contribution in [2.24, 2.45) is 15.7 Å². The Labute approximate surface area is 165 Å². The molecule has 0 atom stereocenters. The predicted octanol–water partition coefficient (Wildman–Crippen LogP) is 4.48. The number of nitrogens with zero attached hydrogens (tertiary/aromatic N) is 2. The van der Waals surface area contributed by atoms with E-state index >= 15 is 0 Å². The fourth-order valence-corrected chi connectivity index (χ4v) is 2.43. The van der Waals surface area contributed by atoms with E-state index in [4.69, 9.17) is 10.5 Å². The zero-order valence-electron chi connectivity index (χ0n) is 16.0. The van der Waals surface area contributed by atoms with Crippen LogP contribution in [0.1, 0.15) is 11.1 Å². The minimum atomic E-state index is -0.287. The van der Waals surface area contributed by atoms with Crippen LogP contribution < -0.4 is 10.5 Å². The van der Waals surface area contributed by atoms with E-state index in [1.54, 1.807) is 56.8 Å². The van der Waals surface area contributed by atoms with E-state index in [0.29, 0.717) is 22.7 Å². The van der Waals surface area contributed by atoms with Crippen molar-refractivity contribution < 1.29 is 9.13 Å². The lowest BCUT2D eigenvalue weighted by Crippen LogP contribution is -2.05. The number of rotatable bonds is 8. The Bertz CT molecular complexity index is 927. The topological polar surface area (TPSA) is 60.0 Å². The first-order valence-electron chi connectivity index (χ1n) is 8.79. The fourth-order valence-electron chi connectivity index (χ4n) is 2.43. The van der Waals surface area contributed by atoms with Gasteiger partial charge in [-0.2, -0.15) is 0 Å². The summed E-state index contributed by atoms with van der Waals surface area (Å²) in [7, 11) is 3.30. The van der Waals surface area contributed by atoms with E-state index in [0.717, 1.165) is 5.56 Å². The minimum absolute atomic E-state index is 0.195. The molecule has 2 aromatic carbocycles. The third-order valence-electron chi connectivity index (χ3n) is 3.81. The van der Waals surface area contributed by atoms with Crippen LogP contribution in [0.5, 0.6) is 5.75 Å². The Morgan fingerprint density at radius 3 is 2.57 bits per heavy atom. The predicted molar refractivity (Wildman–Crippen MR) is 115 cm³/mol. The molecule has 2 aromatic rings. The van der Waals surface area contributed by atoms with Gasteiger partial charge in [-0.3, -0.25) is 9.98 Å². The van der Waals surface area contributed by atoms with Crippen LogP contribution in [0.4, 0.5) is 4.39 Å². The van der Waals surface area contributed by atoms with Gasteiger partial charge in [0.2, 0.25) is 0 Å². The number of hydrogen-bond acceptors (Lipinski definition) is 4. The molecule has 0 saturated heterocycles. The molecule has 4 nitrogen and oxygen atoms in total. The third-order valence-corrected chi connectivity index (χ3v) is 3.81. The van der Waals surface area contributed by atoms with Gasteiger partial charge >= 0.3 is 0 Å². The van der Waals surface area contributed by atoms with Crippen LogP contribution in [-0.2, 0) is 6.54 Å². The van der Waals surface area contributed by atoms with E-state index in [9.17, 15) is 4.39 Å². The molecule has 2 rings (SSSR count). The van der Waals surface area contributed by atoms with Crippen molar-refractivity contribution in [3.05, 3.63) is 102 Å². The van der Waals surface area contributed by atoms with Gasteiger partial charge in [-0.15, -0.1) is 0 Å². The van der Waals surface area contributed by atoms with Crippen molar-refractivity contribution in [1.29, 1.82) is 0 Å². The average molecular weight is 377 g/mol. The molecule has 144 valence electrons. The molecule has 2 N–H and O–H groups in total. The summed E-state index contributed by atoms with van der Waals surface area (Å²) in [5, 5.41) is 0. The molecule has 0 aliphatic heterocycles. The molecule has 0 aliphatic carbocycles. The fraction of sp³-hybridized carbons (Fsp3) is 0.130. The molecular weight excluding hydrogens is 353 g/mol. The van der Waals surface area contributed by atoms with Crippen LogP contribution in [-0.4, -0.2) is 26.1 Å². The number of methoxy groups -OCH3 is 1. The largest absolute Gasteiger partial charge is 0.496 e. The van der Waals surface area contributed by atoms with Crippen LogP contribution >= 0.6 is 0 Å². The van der Waals surface area contributed by atoms with Crippen molar-refractivity contribution in [3.8, 4) is 5.75 Å². The summed E-state index contributed by atoms with van der Waals surface area (Å²) in [4.78, 5) is 8.46. The summed E-state index contributed by atoms with van der Waals surface area (Å²) < 4.78 is 19.4. The average Bonchev–Trinajstić information content (AvgIpc) is 2.72. The first-order valence-corrected chi connectivity index (χ1v) is 8.79. The zero-order valence-corrected chi connectivity index (χ0v) is 16.0. The standard InChI is InChI=1S/C23H24FN3O/c1-26-15-9-3-4-11-19(25)16-22(20-12-6-8-14-23(20)28-2)27-17-18-10-5-7-13-21(18)24/h3-16H,17,25H2,1-2H3/b9-3-,11-4+,19-16?,26-15?,27-22?. The highest BCUT2D eigenvalue weighted by atomic mass is 19.1. The van der Waals surface area contributed by atoms with E-state index in [-0.39, 0.29) is 12.4 Å². The maximum absolute atomic E-state index is 14.0. The Hall–Kier alpha value is -3.47. The van der Waals surface area contributed by atoms with Crippen molar-refractivity contribution in [1.82, 2.24) is 0 Å². The smallest absolute Gasteiger partial charge is 0.128 e. The summed E-state index contributed by atoms with van der Waals surface area (Å²) in [6.07, 6.45) is 10.6. The minimum Gasteiger partial charge on any atom is -0.496 e. The van der Waals surface area contributed by atoms with Crippen molar-refractivity contribution in [3.63, 3.8) is 0 Å². The molecule has 0 radical (unpaired) electrons. The van der Waals surface area contributed by atoms with Crippen LogP contribution in [0.15, 0.2) is 94.6 Å². The number of allylic oxidation sites excluding steroid dienone is 5. The number of halogens is 1. The van der Waals surface area contributed by atoms with Gasteiger partial charge in [-0.1, -0.05) is 42.5 Å². The van der Waals surface area contributed by atoms with Gasteiger partial charge in [-0.05, 0) is 36.4 Å². The Morgan fingerprint density at radius 2 is 1.82 bits per heavy atom. The van der Waals surface area contributed by atoms with E-state index in [1.165, 1.54) is 6.07 Å². The Kier molecular flexibility index (Phi) is 8.40. The number of benzene rings is 2. The summed E-state index contributed by atoms with van der Waals surface area (Å²) in [6, 6.07) is 14.1. The number of hydrogen-bond donors (Lipinski definition) is 1. The highest BCUT2D eigenvalue weighted by molar-refractivity contribution is 6.11. The lowest BCUT2D eigenvalue weighted by Gasteiger charge is -2.09. The monoisotopic (exact) mass is 377 g/mol. The second-order valence-electron chi connectivity index (χ2n) is 5.79. The van der Waals surface area contributed by atoms with Crippen LogP contribution in [0.2, 0.25) is 0 Å². The van der Waals surface area contributed by atoms with Crippen LogP contribution in [0.25, 0.3) is 0 Å². The Morgan fingerprint density at radius 1 is 1.07 bits per heavy atom. The summed E-state index contributed by atoms with van der Waals surface area (Å²) in [5.41, 5.74) is 8.55. The summed E-state index contributed by atoms with van der Waals surface area (Å²) in [6.45, 7) is 0.195. The zero-order chi connectivity index (χ0) is 20.2. The van der Waals surface area contributed by atoms with Crippen LogP contribution in [0, 0.1) is 5.82 Å². The lowest BCUT2D eigenvalue weighted by molar-refractivity contribution is 0.414. The molecule has 0 heterocycles. The maximum atomic E-state index is 14.0. The molecule has 0 amide bonds. The Balaban J connectivity index is 2.37. The third kappa shape index (κ3) is 6.36. The SMILES string of the molecule is CN=C/C=C\C=C\C(N)=CC(=NCc1ccccc1F)c1ccccc1OC. The molecule has 0 fully saturated rings. The number of nitrogens with two attached hydrogens (primary N) is 1. The van der Waals surface area contributed by atoms with Gasteiger partial charge in [0.05, 0.1) is 19.4 Å². The molecule has 5 heteroatoms. The molecule has 0 unspecified atom stereocenters. The van der Waals surface area contributed by atoms with Gasteiger partial charge in [-0.25, -0.2) is 4.39 Å². The lowest BCUT2D eigenvalue weighted by atomic mass is 10.1. The van der Waals surface area contributed by atoms with Crippen molar-refractivity contribution >= 4 is 11.9 Å². The maximum Gasteiger partial charge on any atom is 0.128 e. The van der Waals surface area contributed by atoms with E-state index < -0.39 is 0 Å². The van der Waals surface area contributed by atoms with Crippen LogP contribution in [0.3, 0.4) is 0 Å². The van der Waals surface area contributed by atoms with Crippen molar-refractivity contribution in [2.45, 2.75) is 6.54 Å². The molecule has 28 heavy (non-hydrogen) atoms. The number of ether oxygens (including phenoxy) is 1.